The van der Waals surface area contributed by atoms with Crippen molar-refractivity contribution >= 4 is 11.6 Å². The Bertz CT molecular complexity index is 586. The minimum absolute atomic E-state index is 0.363. The molecule has 0 bridgehead atoms. The van der Waals surface area contributed by atoms with Crippen LogP contribution in [-0.2, 0) is 13.2 Å². The summed E-state index contributed by atoms with van der Waals surface area (Å²) in [6.07, 6.45) is 3.50. The lowest BCUT2D eigenvalue weighted by atomic mass is 10.2. The second-order valence-electron chi connectivity index (χ2n) is 3.68. The van der Waals surface area contributed by atoms with Crippen LogP contribution in [0.15, 0.2) is 30.7 Å². The third-order valence-electron chi connectivity index (χ3n) is 2.60. The molecular formula is C13H12ClN3O. The van der Waals surface area contributed by atoms with Gasteiger partial charge in [0, 0.05) is 6.54 Å². The van der Waals surface area contributed by atoms with Gasteiger partial charge in [0.1, 0.15) is 24.0 Å². The smallest absolute Gasteiger partial charge is 0.139 e. The molecule has 0 amide bonds. The summed E-state index contributed by atoms with van der Waals surface area (Å²) in [6.45, 7) is 3.23. The van der Waals surface area contributed by atoms with E-state index in [0.717, 1.165) is 12.2 Å². The molecule has 0 aliphatic heterocycles. The van der Waals surface area contributed by atoms with Gasteiger partial charge in [0.05, 0.1) is 23.2 Å². The van der Waals surface area contributed by atoms with Crippen LogP contribution in [0.5, 0.6) is 5.75 Å². The number of nitrogens with zero attached hydrogens (tertiary/aromatic N) is 3. The second kappa shape index (κ2) is 5.56. The van der Waals surface area contributed by atoms with Crippen molar-refractivity contribution in [3.8, 4) is 11.8 Å². The Hall–Kier alpha value is -1.99. The normalized spacial score (nSPS) is 10.1. The average molecular weight is 262 g/mol. The molecule has 0 spiro atoms. The molecular weight excluding hydrogens is 250 g/mol. The third-order valence-corrected chi connectivity index (χ3v) is 2.92. The lowest BCUT2D eigenvalue weighted by Crippen LogP contribution is -2.04. The Morgan fingerprint density at radius 2 is 2.33 bits per heavy atom. The van der Waals surface area contributed by atoms with Gasteiger partial charge < -0.3 is 9.30 Å². The minimum Gasteiger partial charge on any atom is -0.486 e. The molecule has 2 aromatic rings. The van der Waals surface area contributed by atoms with Gasteiger partial charge in [-0.05, 0) is 19.1 Å². The summed E-state index contributed by atoms with van der Waals surface area (Å²) in [4.78, 5) is 4.06. The number of rotatable bonds is 4. The van der Waals surface area contributed by atoms with Crippen molar-refractivity contribution in [3.63, 3.8) is 0 Å². The van der Waals surface area contributed by atoms with Gasteiger partial charge in [-0.25, -0.2) is 4.98 Å². The maximum atomic E-state index is 9.03. The zero-order valence-corrected chi connectivity index (χ0v) is 10.7. The first kappa shape index (κ1) is 12.5. The van der Waals surface area contributed by atoms with Crippen LogP contribution in [0.4, 0.5) is 0 Å². The summed E-state index contributed by atoms with van der Waals surface area (Å²) in [6, 6.07) is 7.21. The molecule has 92 valence electrons. The van der Waals surface area contributed by atoms with E-state index >= 15 is 0 Å². The average Bonchev–Trinajstić information content (AvgIpc) is 2.83. The molecule has 0 saturated carbocycles. The Balaban J connectivity index is 2.16. The lowest BCUT2D eigenvalue weighted by molar-refractivity contribution is 0.294. The van der Waals surface area contributed by atoms with E-state index in [1.54, 1.807) is 30.7 Å². The van der Waals surface area contributed by atoms with E-state index in [1.807, 2.05) is 17.6 Å². The summed E-state index contributed by atoms with van der Waals surface area (Å²) < 4.78 is 7.61. The highest BCUT2D eigenvalue weighted by molar-refractivity contribution is 6.31. The number of benzene rings is 1. The largest absolute Gasteiger partial charge is 0.486 e. The molecule has 0 N–H and O–H groups in total. The standard InChI is InChI=1S/C13H12ClN3O/c1-2-17-9-16-7-10(17)8-18-13-5-3-4-12(14)11(13)6-15/h3-5,7,9H,2,8H2,1H3. The monoisotopic (exact) mass is 261 g/mol. The van der Waals surface area contributed by atoms with Crippen LogP contribution in [0, 0.1) is 11.3 Å². The van der Waals surface area contributed by atoms with Crippen molar-refractivity contribution in [2.45, 2.75) is 20.1 Å². The molecule has 0 aliphatic rings. The van der Waals surface area contributed by atoms with E-state index in [2.05, 4.69) is 4.98 Å². The van der Waals surface area contributed by atoms with E-state index in [-0.39, 0.29) is 0 Å². The van der Waals surface area contributed by atoms with Crippen molar-refractivity contribution in [1.29, 1.82) is 5.26 Å². The summed E-state index contributed by atoms with van der Waals surface area (Å²) in [5.41, 5.74) is 1.32. The third kappa shape index (κ3) is 2.47. The fourth-order valence-electron chi connectivity index (χ4n) is 1.64. The van der Waals surface area contributed by atoms with Gasteiger partial charge in [-0.2, -0.15) is 5.26 Å². The number of nitriles is 1. The fraction of sp³-hybridized carbons (Fsp3) is 0.231. The van der Waals surface area contributed by atoms with Crippen molar-refractivity contribution in [3.05, 3.63) is 47.0 Å². The highest BCUT2D eigenvalue weighted by Gasteiger charge is 2.08. The second-order valence-corrected chi connectivity index (χ2v) is 4.09. The topological polar surface area (TPSA) is 50.8 Å². The molecule has 0 aliphatic carbocycles. The SMILES string of the molecule is CCn1cncc1COc1cccc(Cl)c1C#N. The van der Waals surface area contributed by atoms with E-state index in [0.29, 0.717) is 22.9 Å². The molecule has 18 heavy (non-hydrogen) atoms. The molecule has 1 heterocycles. The van der Waals surface area contributed by atoms with Crippen LogP contribution in [0.25, 0.3) is 0 Å². The van der Waals surface area contributed by atoms with Crippen molar-refractivity contribution in [2.75, 3.05) is 0 Å². The Morgan fingerprint density at radius 1 is 1.50 bits per heavy atom. The zero-order chi connectivity index (χ0) is 13.0. The number of halogens is 1. The zero-order valence-electron chi connectivity index (χ0n) is 9.93. The van der Waals surface area contributed by atoms with Crippen LogP contribution >= 0.6 is 11.6 Å². The Kier molecular flexibility index (Phi) is 3.85. The predicted octanol–water partition coefficient (Wildman–Crippen LogP) is 3.01. The van der Waals surface area contributed by atoms with Crippen LogP contribution < -0.4 is 4.74 Å². The highest BCUT2D eigenvalue weighted by Crippen LogP contribution is 2.25. The van der Waals surface area contributed by atoms with E-state index in [4.69, 9.17) is 21.6 Å². The first-order valence-corrected chi connectivity index (χ1v) is 5.94. The summed E-state index contributed by atoms with van der Waals surface area (Å²) in [7, 11) is 0. The van der Waals surface area contributed by atoms with Crippen LogP contribution in [0.2, 0.25) is 5.02 Å². The lowest BCUT2D eigenvalue weighted by Gasteiger charge is -2.09. The highest BCUT2D eigenvalue weighted by atomic mass is 35.5. The first-order valence-electron chi connectivity index (χ1n) is 5.56. The molecule has 4 nitrogen and oxygen atoms in total. The van der Waals surface area contributed by atoms with Gasteiger partial charge in [-0.15, -0.1) is 0 Å². The Morgan fingerprint density at radius 3 is 3.06 bits per heavy atom. The van der Waals surface area contributed by atoms with Gasteiger partial charge in [-0.1, -0.05) is 17.7 Å². The number of aryl methyl sites for hydroxylation is 1. The summed E-state index contributed by atoms with van der Waals surface area (Å²) in [5, 5.41) is 9.43. The van der Waals surface area contributed by atoms with Crippen molar-refractivity contribution in [1.82, 2.24) is 9.55 Å². The molecule has 2 rings (SSSR count). The molecule has 1 aromatic heterocycles. The number of ether oxygens (including phenoxy) is 1. The molecule has 1 aromatic carbocycles. The van der Waals surface area contributed by atoms with E-state index in [1.165, 1.54) is 0 Å². The predicted molar refractivity (Wildman–Crippen MR) is 68.4 cm³/mol. The van der Waals surface area contributed by atoms with E-state index < -0.39 is 0 Å². The van der Waals surface area contributed by atoms with Crippen LogP contribution in [0.1, 0.15) is 18.2 Å². The molecule has 0 fully saturated rings. The van der Waals surface area contributed by atoms with Crippen LogP contribution in [0.3, 0.4) is 0 Å². The number of aromatic nitrogens is 2. The quantitative estimate of drug-likeness (QED) is 0.850. The summed E-state index contributed by atoms with van der Waals surface area (Å²) in [5.74, 6) is 0.494. The van der Waals surface area contributed by atoms with Gasteiger partial charge >= 0.3 is 0 Å². The molecule has 0 radical (unpaired) electrons. The molecule has 0 unspecified atom stereocenters. The van der Waals surface area contributed by atoms with Crippen LogP contribution in [-0.4, -0.2) is 9.55 Å². The van der Waals surface area contributed by atoms with Crippen molar-refractivity contribution < 1.29 is 4.74 Å². The van der Waals surface area contributed by atoms with Gasteiger partial charge in [0.2, 0.25) is 0 Å². The minimum atomic E-state index is 0.363. The number of hydrogen-bond acceptors (Lipinski definition) is 3. The maximum absolute atomic E-state index is 9.03. The Labute approximate surface area is 110 Å². The first-order chi connectivity index (χ1) is 8.76. The number of imidazole rings is 1. The maximum Gasteiger partial charge on any atom is 0.139 e. The van der Waals surface area contributed by atoms with E-state index in [9.17, 15) is 0 Å². The van der Waals surface area contributed by atoms with Gasteiger partial charge in [0.25, 0.3) is 0 Å². The van der Waals surface area contributed by atoms with Gasteiger partial charge in [-0.3, -0.25) is 0 Å². The molecule has 5 heteroatoms. The molecule has 0 atom stereocenters. The summed E-state index contributed by atoms with van der Waals surface area (Å²) >= 11 is 5.93. The fourth-order valence-corrected chi connectivity index (χ4v) is 1.85. The van der Waals surface area contributed by atoms with Gasteiger partial charge in [0.15, 0.2) is 0 Å². The van der Waals surface area contributed by atoms with Crippen molar-refractivity contribution in [2.24, 2.45) is 0 Å². The number of hydrogen-bond donors (Lipinski definition) is 0. The molecule has 0 saturated heterocycles.